The average molecular weight is 275 g/mol. The maximum absolute atomic E-state index is 12.2. The lowest BCUT2D eigenvalue weighted by molar-refractivity contribution is -0.117. The third-order valence-corrected chi connectivity index (χ3v) is 4.06. The number of esters is 1. The SMILES string of the molecule is COC(=O)c1cccc(N2CC3(CCNC3)CC2=O)n1. The quantitative estimate of drug-likeness (QED) is 0.800. The van der Waals surface area contributed by atoms with Crippen molar-refractivity contribution in [2.45, 2.75) is 12.8 Å². The Morgan fingerprint density at radius 3 is 3.05 bits per heavy atom. The van der Waals surface area contributed by atoms with Crippen LogP contribution in [0.4, 0.5) is 5.82 Å². The monoisotopic (exact) mass is 275 g/mol. The second kappa shape index (κ2) is 4.86. The van der Waals surface area contributed by atoms with Gasteiger partial charge < -0.3 is 10.1 Å². The van der Waals surface area contributed by atoms with Crippen LogP contribution in [-0.2, 0) is 9.53 Å². The van der Waals surface area contributed by atoms with E-state index < -0.39 is 5.97 Å². The van der Waals surface area contributed by atoms with Crippen LogP contribution in [-0.4, -0.2) is 43.6 Å². The van der Waals surface area contributed by atoms with Gasteiger partial charge in [-0.05, 0) is 25.1 Å². The number of anilines is 1. The molecule has 2 saturated heterocycles. The summed E-state index contributed by atoms with van der Waals surface area (Å²) in [6.45, 7) is 2.49. The predicted octanol–water partition coefficient (Wildman–Crippen LogP) is 0.585. The molecule has 1 N–H and O–H groups in total. The Kier molecular flexibility index (Phi) is 3.17. The highest BCUT2D eigenvalue weighted by Gasteiger charge is 2.45. The number of carbonyl (C=O) groups excluding carboxylic acids is 2. The number of pyridine rings is 1. The molecule has 2 aliphatic rings. The number of ether oxygens (including phenoxy) is 1. The molecule has 3 rings (SSSR count). The normalized spacial score (nSPS) is 25.4. The van der Waals surface area contributed by atoms with Crippen molar-refractivity contribution in [3.8, 4) is 0 Å². The number of hydrogen-bond donors (Lipinski definition) is 1. The molecule has 1 spiro atoms. The van der Waals surface area contributed by atoms with E-state index in [0.29, 0.717) is 18.8 Å². The summed E-state index contributed by atoms with van der Waals surface area (Å²) >= 11 is 0. The van der Waals surface area contributed by atoms with E-state index in [1.807, 2.05) is 0 Å². The molecule has 1 unspecified atom stereocenters. The van der Waals surface area contributed by atoms with Crippen molar-refractivity contribution in [1.29, 1.82) is 0 Å². The molecule has 0 radical (unpaired) electrons. The molecule has 106 valence electrons. The highest BCUT2D eigenvalue weighted by Crippen LogP contribution is 2.38. The Balaban J connectivity index is 1.86. The van der Waals surface area contributed by atoms with Gasteiger partial charge in [-0.15, -0.1) is 0 Å². The van der Waals surface area contributed by atoms with E-state index >= 15 is 0 Å². The number of nitrogens with one attached hydrogen (secondary N) is 1. The molecule has 20 heavy (non-hydrogen) atoms. The minimum atomic E-state index is -0.490. The van der Waals surface area contributed by atoms with Crippen molar-refractivity contribution >= 4 is 17.7 Å². The second-order valence-corrected chi connectivity index (χ2v) is 5.46. The summed E-state index contributed by atoms with van der Waals surface area (Å²) in [7, 11) is 1.32. The van der Waals surface area contributed by atoms with Gasteiger partial charge in [0.25, 0.3) is 0 Å². The smallest absolute Gasteiger partial charge is 0.356 e. The number of amides is 1. The first kappa shape index (κ1) is 13.1. The largest absolute Gasteiger partial charge is 0.464 e. The Morgan fingerprint density at radius 2 is 2.35 bits per heavy atom. The summed E-state index contributed by atoms with van der Waals surface area (Å²) in [5.41, 5.74) is 0.253. The molecular formula is C14H17N3O3. The lowest BCUT2D eigenvalue weighted by Crippen LogP contribution is -2.30. The van der Waals surface area contributed by atoms with Gasteiger partial charge in [0.2, 0.25) is 5.91 Å². The number of nitrogens with zero attached hydrogens (tertiary/aromatic N) is 2. The summed E-state index contributed by atoms with van der Waals surface area (Å²) in [4.78, 5) is 29.7. The molecule has 0 bridgehead atoms. The zero-order valence-electron chi connectivity index (χ0n) is 11.4. The fourth-order valence-corrected chi connectivity index (χ4v) is 2.98. The van der Waals surface area contributed by atoms with Crippen molar-refractivity contribution in [1.82, 2.24) is 10.3 Å². The first-order valence-corrected chi connectivity index (χ1v) is 6.70. The predicted molar refractivity (Wildman–Crippen MR) is 72.5 cm³/mol. The van der Waals surface area contributed by atoms with Crippen LogP contribution in [0.25, 0.3) is 0 Å². The van der Waals surface area contributed by atoms with E-state index in [2.05, 4.69) is 15.0 Å². The molecule has 6 nitrogen and oxygen atoms in total. The molecule has 0 saturated carbocycles. The molecular weight excluding hydrogens is 258 g/mol. The average Bonchev–Trinajstić information content (AvgIpc) is 3.05. The highest BCUT2D eigenvalue weighted by molar-refractivity contribution is 5.96. The molecule has 1 aromatic heterocycles. The van der Waals surface area contributed by atoms with Crippen molar-refractivity contribution in [3.05, 3.63) is 23.9 Å². The summed E-state index contributed by atoms with van der Waals surface area (Å²) in [5, 5.41) is 3.31. The van der Waals surface area contributed by atoms with Crippen LogP contribution in [0.1, 0.15) is 23.3 Å². The zero-order valence-corrected chi connectivity index (χ0v) is 11.4. The molecule has 0 aliphatic carbocycles. The summed E-state index contributed by atoms with van der Waals surface area (Å²) in [6, 6.07) is 5.06. The van der Waals surface area contributed by atoms with Gasteiger partial charge in [-0.3, -0.25) is 9.69 Å². The fraction of sp³-hybridized carbons (Fsp3) is 0.500. The zero-order chi connectivity index (χ0) is 14.2. The van der Waals surface area contributed by atoms with Crippen LogP contribution in [0.3, 0.4) is 0 Å². The van der Waals surface area contributed by atoms with Crippen LogP contribution in [0.2, 0.25) is 0 Å². The topological polar surface area (TPSA) is 71.5 Å². The summed E-state index contributed by atoms with van der Waals surface area (Å²) in [6.07, 6.45) is 1.55. The third-order valence-electron chi connectivity index (χ3n) is 4.06. The molecule has 6 heteroatoms. The minimum Gasteiger partial charge on any atom is -0.464 e. The van der Waals surface area contributed by atoms with Crippen molar-refractivity contribution in [2.24, 2.45) is 5.41 Å². The molecule has 1 aromatic rings. The van der Waals surface area contributed by atoms with Crippen molar-refractivity contribution in [2.75, 3.05) is 31.6 Å². The van der Waals surface area contributed by atoms with E-state index in [0.717, 1.165) is 19.5 Å². The third kappa shape index (κ3) is 2.16. The van der Waals surface area contributed by atoms with Crippen molar-refractivity contribution in [3.63, 3.8) is 0 Å². The molecule has 1 atom stereocenters. The Hall–Kier alpha value is -1.95. The number of aromatic nitrogens is 1. The molecule has 2 aliphatic heterocycles. The molecule has 1 amide bonds. The highest BCUT2D eigenvalue weighted by atomic mass is 16.5. The van der Waals surface area contributed by atoms with Crippen LogP contribution in [0, 0.1) is 5.41 Å². The molecule has 3 heterocycles. The number of methoxy groups -OCH3 is 1. The van der Waals surface area contributed by atoms with Crippen LogP contribution >= 0.6 is 0 Å². The number of carbonyl (C=O) groups is 2. The van der Waals surface area contributed by atoms with E-state index in [1.165, 1.54) is 7.11 Å². The van der Waals surface area contributed by atoms with Gasteiger partial charge in [-0.1, -0.05) is 6.07 Å². The van der Waals surface area contributed by atoms with Gasteiger partial charge in [-0.25, -0.2) is 9.78 Å². The first-order valence-electron chi connectivity index (χ1n) is 6.70. The van der Waals surface area contributed by atoms with E-state index in [4.69, 9.17) is 0 Å². The Bertz CT molecular complexity index is 552. The second-order valence-electron chi connectivity index (χ2n) is 5.46. The molecule has 2 fully saturated rings. The maximum atomic E-state index is 12.2. The van der Waals surface area contributed by atoms with Gasteiger partial charge in [0, 0.05) is 24.9 Å². The first-order chi connectivity index (χ1) is 9.63. The Morgan fingerprint density at radius 1 is 1.50 bits per heavy atom. The molecule has 0 aromatic carbocycles. The van der Waals surface area contributed by atoms with Crippen molar-refractivity contribution < 1.29 is 14.3 Å². The van der Waals surface area contributed by atoms with E-state index in [1.54, 1.807) is 23.1 Å². The van der Waals surface area contributed by atoms with Gasteiger partial charge in [0.15, 0.2) is 5.69 Å². The van der Waals surface area contributed by atoms with Gasteiger partial charge in [0.1, 0.15) is 5.82 Å². The lowest BCUT2D eigenvalue weighted by atomic mass is 9.86. The van der Waals surface area contributed by atoms with E-state index in [9.17, 15) is 9.59 Å². The summed E-state index contributed by atoms with van der Waals surface area (Å²) < 4.78 is 4.66. The van der Waals surface area contributed by atoms with Crippen LogP contribution < -0.4 is 10.2 Å². The van der Waals surface area contributed by atoms with Gasteiger partial charge >= 0.3 is 5.97 Å². The van der Waals surface area contributed by atoms with Gasteiger partial charge in [0.05, 0.1) is 7.11 Å². The maximum Gasteiger partial charge on any atom is 0.356 e. The van der Waals surface area contributed by atoms with E-state index in [-0.39, 0.29) is 17.0 Å². The van der Waals surface area contributed by atoms with Crippen LogP contribution in [0.15, 0.2) is 18.2 Å². The van der Waals surface area contributed by atoms with Gasteiger partial charge in [-0.2, -0.15) is 0 Å². The Labute approximate surface area is 117 Å². The van der Waals surface area contributed by atoms with Crippen LogP contribution in [0.5, 0.6) is 0 Å². The lowest BCUT2D eigenvalue weighted by Gasteiger charge is -2.21. The number of hydrogen-bond acceptors (Lipinski definition) is 5. The minimum absolute atomic E-state index is 0.0278. The summed E-state index contributed by atoms with van der Waals surface area (Å²) in [5.74, 6) is 0.112. The fourth-order valence-electron chi connectivity index (χ4n) is 2.98. The number of rotatable bonds is 2. The standard InChI is InChI=1S/C14H17N3O3/c1-20-13(19)10-3-2-4-11(16-10)17-9-14(7-12(17)18)5-6-15-8-14/h2-4,15H,5-9H2,1H3.